The molecule has 0 fully saturated rings. The van der Waals surface area contributed by atoms with Crippen LogP contribution in [0.1, 0.15) is 45.4 Å². The maximum absolute atomic E-state index is 6.18. The average Bonchev–Trinajstić information content (AvgIpc) is 2.27. The topological polar surface area (TPSA) is 9.23 Å². The molecule has 0 aromatic heterocycles. The molecule has 0 aliphatic rings. The van der Waals surface area contributed by atoms with E-state index in [1.165, 1.54) is 32.1 Å². The Labute approximate surface area is 109 Å². The molecule has 100 valence electrons. The lowest BCUT2D eigenvalue weighted by Gasteiger charge is -2.26. The Morgan fingerprint density at radius 1 is 1.12 bits per heavy atom. The lowest BCUT2D eigenvalue weighted by Crippen LogP contribution is -2.34. The molecule has 0 amide bonds. The number of hydrogen-bond donors (Lipinski definition) is 0. The smallest absolute Gasteiger partial charge is 0.191 e. The normalized spacial score (nSPS) is 13.4. The molecule has 0 aromatic carbocycles. The zero-order chi connectivity index (χ0) is 13.1. The van der Waals surface area contributed by atoms with Gasteiger partial charge in [-0.2, -0.15) is 0 Å². The predicted octanol–water partition coefficient (Wildman–Crippen LogP) is 5.31. The molecule has 0 spiro atoms. The van der Waals surface area contributed by atoms with E-state index < -0.39 is 8.32 Å². The first-order valence-corrected chi connectivity index (χ1v) is 10.1. The Balaban J connectivity index is 3.83. The molecule has 0 saturated heterocycles. The molecule has 0 radical (unpaired) electrons. The van der Waals surface area contributed by atoms with Gasteiger partial charge in [-0.15, -0.1) is 13.2 Å². The first-order valence-electron chi connectivity index (χ1n) is 6.97. The van der Waals surface area contributed by atoms with Gasteiger partial charge in [0.1, 0.15) is 0 Å². The van der Waals surface area contributed by atoms with Gasteiger partial charge in [0.2, 0.25) is 0 Å². The molecule has 0 saturated carbocycles. The molecule has 0 aromatic rings. The fraction of sp³-hybridized carbons (Fsp3) is 0.733. The summed E-state index contributed by atoms with van der Waals surface area (Å²) in [5.41, 5.74) is 0. The highest BCUT2D eigenvalue weighted by atomic mass is 28.4. The van der Waals surface area contributed by atoms with E-state index in [1.54, 1.807) is 0 Å². The van der Waals surface area contributed by atoms with Gasteiger partial charge in [-0.25, -0.2) is 0 Å². The number of rotatable bonds is 11. The molecule has 0 rings (SSSR count). The van der Waals surface area contributed by atoms with Gasteiger partial charge < -0.3 is 4.43 Å². The SMILES string of the molecule is C=CC[Si](C)(C)OC(C=C)CCCCCCC. The van der Waals surface area contributed by atoms with Crippen LogP contribution in [-0.2, 0) is 4.43 Å². The molecular weight excluding hydrogens is 224 g/mol. The summed E-state index contributed by atoms with van der Waals surface area (Å²) in [6, 6.07) is 1.02. The molecule has 1 nitrogen and oxygen atoms in total. The lowest BCUT2D eigenvalue weighted by molar-refractivity contribution is 0.225. The Bertz CT molecular complexity index is 211. The van der Waals surface area contributed by atoms with Crippen molar-refractivity contribution in [3.8, 4) is 0 Å². The van der Waals surface area contributed by atoms with Crippen molar-refractivity contribution in [3.63, 3.8) is 0 Å². The average molecular weight is 254 g/mol. The van der Waals surface area contributed by atoms with Gasteiger partial charge in [0.25, 0.3) is 0 Å². The zero-order valence-electron chi connectivity index (χ0n) is 12.0. The highest BCUT2D eigenvalue weighted by molar-refractivity contribution is 6.71. The minimum absolute atomic E-state index is 0.248. The summed E-state index contributed by atoms with van der Waals surface area (Å²) in [4.78, 5) is 0. The largest absolute Gasteiger partial charge is 0.411 e. The van der Waals surface area contributed by atoms with Crippen molar-refractivity contribution in [1.29, 1.82) is 0 Å². The first-order chi connectivity index (χ1) is 8.05. The van der Waals surface area contributed by atoms with Crippen LogP contribution in [0.5, 0.6) is 0 Å². The van der Waals surface area contributed by atoms with Gasteiger partial charge in [0.15, 0.2) is 8.32 Å². The van der Waals surface area contributed by atoms with Crippen LogP contribution in [0.3, 0.4) is 0 Å². The molecule has 0 N–H and O–H groups in total. The van der Waals surface area contributed by atoms with Crippen molar-refractivity contribution in [2.45, 2.75) is 70.7 Å². The van der Waals surface area contributed by atoms with E-state index in [0.717, 1.165) is 12.5 Å². The van der Waals surface area contributed by atoms with Gasteiger partial charge in [-0.3, -0.25) is 0 Å². The van der Waals surface area contributed by atoms with Crippen molar-refractivity contribution in [2.75, 3.05) is 0 Å². The summed E-state index contributed by atoms with van der Waals surface area (Å²) in [5, 5.41) is 0. The van der Waals surface area contributed by atoms with E-state index in [0.29, 0.717) is 0 Å². The molecule has 1 unspecified atom stereocenters. The third kappa shape index (κ3) is 9.37. The van der Waals surface area contributed by atoms with Crippen LogP contribution in [0.4, 0.5) is 0 Å². The molecule has 17 heavy (non-hydrogen) atoms. The van der Waals surface area contributed by atoms with E-state index in [9.17, 15) is 0 Å². The monoisotopic (exact) mass is 254 g/mol. The fourth-order valence-electron chi connectivity index (χ4n) is 1.98. The first kappa shape index (κ1) is 16.7. The minimum atomic E-state index is -1.55. The van der Waals surface area contributed by atoms with Crippen molar-refractivity contribution in [3.05, 3.63) is 25.3 Å². The van der Waals surface area contributed by atoms with E-state index in [2.05, 4.69) is 33.2 Å². The molecular formula is C15H30OSi. The van der Waals surface area contributed by atoms with Crippen molar-refractivity contribution < 1.29 is 4.43 Å². The number of allylic oxidation sites excluding steroid dienone is 1. The van der Waals surface area contributed by atoms with Crippen LogP contribution in [0, 0.1) is 0 Å². The summed E-state index contributed by atoms with van der Waals surface area (Å²) in [6.07, 6.45) is 11.9. The molecule has 0 heterocycles. The lowest BCUT2D eigenvalue weighted by atomic mass is 10.1. The summed E-state index contributed by atoms with van der Waals surface area (Å²) in [6.45, 7) is 14.4. The van der Waals surface area contributed by atoms with Crippen LogP contribution in [0.15, 0.2) is 25.3 Å². The molecule has 0 aliphatic heterocycles. The van der Waals surface area contributed by atoms with Crippen LogP contribution >= 0.6 is 0 Å². The Hall–Kier alpha value is -0.343. The molecule has 0 aliphatic carbocycles. The van der Waals surface area contributed by atoms with Gasteiger partial charge >= 0.3 is 0 Å². The summed E-state index contributed by atoms with van der Waals surface area (Å²) >= 11 is 0. The molecule has 1 atom stereocenters. The Morgan fingerprint density at radius 3 is 2.29 bits per heavy atom. The Kier molecular flexibility index (Phi) is 9.47. The van der Waals surface area contributed by atoms with E-state index in [4.69, 9.17) is 4.43 Å². The van der Waals surface area contributed by atoms with Crippen LogP contribution in [0.25, 0.3) is 0 Å². The summed E-state index contributed by atoms with van der Waals surface area (Å²) < 4.78 is 6.18. The van der Waals surface area contributed by atoms with Crippen molar-refractivity contribution in [2.24, 2.45) is 0 Å². The second kappa shape index (κ2) is 9.66. The maximum atomic E-state index is 6.18. The maximum Gasteiger partial charge on any atom is 0.191 e. The van der Waals surface area contributed by atoms with E-state index in [1.807, 2.05) is 12.2 Å². The third-order valence-electron chi connectivity index (χ3n) is 2.96. The predicted molar refractivity (Wildman–Crippen MR) is 80.9 cm³/mol. The molecule has 2 heteroatoms. The summed E-state index contributed by atoms with van der Waals surface area (Å²) in [5.74, 6) is 0. The quantitative estimate of drug-likeness (QED) is 0.276. The Morgan fingerprint density at radius 2 is 1.76 bits per heavy atom. The highest BCUT2D eigenvalue weighted by Crippen LogP contribution is 2.18. The zero-order valence-corrected chi connectivity index (χ0v) is 13.0. The van der Waals surface area contributed by atoms with Crippen LogP contribution < -0.4 is 0 Å². The molecule has 0 bridgehead atoms. The van der Waals surface area contributed by atoms with Gasteiger partial charge in [-0.1, -0.05) is 51.2 Å². The summed E-state index contributed by atoms with van der Waals surface area (Å²) in [7, 11) is -1.55. The highest BCUT2D eigenvalue weighted by Gasteiger charge is 2.23. The van der Waals surface area contributed by atoms with E-state index in [-0.39, 0.29) is 6.10 Å². The van der Waals surface area contributed by atoms with E-state index >= 15 is 0 Å². The third-order valence-corrected chi connectivity index (χ3v) is 5.17. The van der Waals surface area contributed by atoms with Crippen LogP contribution in [0.2, 0.25) is 19.1 Å². The minimum Gasteiger partial charge on any atom is -0.411 e. The fourth-order valence-corrected chi connectivity index (χ4v) is 3.80. The van der Waals surface area contributed by atoms with Gasteiger partial charge in [0.05, 0.1) is 6.10 Å². The number of unbranched alkanes of at least 4 members (excludes halogenated alkanes) is 4. The second-order valence-electron chi connectivity index (χ2n) is 5.35. The number of hydrogen-bond acceptors (Lipinski definition) is 1. The van der Waals surface area contributed by atoms with Gasteiger partial charge in [-0.05, 0) is 25.6 Å². The standard InChI is InChI=1S/C15H30OSi/c1-6-9-10-11-12-13-15(8-3)16-17(4,5)14-7-2/h7-8,15H,2-3,6,9-14H2,1,4-5H3. The second-order valence-corrected chi connectivity index (χ2v) is 9.51. The van der Waals surface area contributed by atoms with Crippen molar-refractivity contribution >= 4 is 8.32 Å². The van der Waals surface area contributed by atoms with Crippen LogP contribution in [-0.4, -0.2) is 14.4 Å². The van der Waals surface area contributed by atoms with Crippen molar-refractivity contribution in [1.82, 2.24) is 0 Å². The van der Waals surface area contributed by atoms with Gasteiger partial charge in [0, 0.05) is 0 Å².